The average Bonchev–Trinajstić information content (AvgIpc) is 3.23. The highest BCUT2D eigenvalue weighted by Crippen LogP contribution is 2.39. The van der Waals surface area contributed by atoms with E-state index in [-0.39, 0.29) is 17.6 Å². The van der Waals surface area contributed by atoms with Crippen molar-refractivity contribution in [2.24, 2.45) is 7.05 Å². The summed E-state index contributed by atoms with van der Waals surface area (Å²) in [4.78, 5) is 17.9. The Hall–Kier alpha value is -3.03. The van der Waals surface area contributed by atoms with Crippen LogP contribution in [-0.4, -0.2) is 25.8 Å². The lowest BCUT2D eigenvalue weighted by molar-refractivity contribution is 0.00523. The molecule has 1 saturated heterocycles. The molecule has 1 aliphatic heterocycles. The van der Waals surface area contributed by atoms with Crippen molar-refractivity contribution in [1.29, 1.82) is 0 Å². The smallest absolute Gasteiger partial charge is 0.261 e. The maximum atomic E-state index is 15.0. The van der Waals surface area contributed by atoms with E-state index < -0.39 is 5.82 Å². The topological polar surface area (TPSA) is 61.4 Å². The van der Waals surface area contributed by atoms with Gasteiger partial charge in [-0.15, -0.1) is 0 Å². The van der Waals surface area contributed by atoms with Crippen LogP contribution in [0.3, 0.4) is 0 Å². The molecule has 0 unspecified atom stereocenters. The molecule has 8 heteroatoms. The standard InChI is InChI=1S/C25H24ClFN4O2/c1-14-15(2)29-24-10-17(16-6-7-33-23(9-16)18-12-28-30(3)13-18)8-22(31(24)25(14)32)20-5-4-19(26)11-21(20)27/h4-5,8,10-13,16,23H,6-7,9H2,1-3H3/t16-,23+/m0/s1. The van der Waals surface area contributed by atoms with E-state index in [2.05, 4.69) is 10.1 Å². The highest BCUT2D eigenvalue weighted by molar-refractivity contribution is 6.30. The number of pyridine rings is 1. The Balaban J connectivity index is 1.67. The predicted molar refractivity (Wildman–Crippen MR) is 125 cm³/mol. The molecule has 0 aliphatic carbocycles. The summed E-state index contributed by atoms with van der Waals surface area (Å²) < 4.78 is 24.3. The van der Waals surface area contributed by atoms with Gasteiger partial charge in [-0.1, -0.05) is 11.6 Å². The van der Waals surface area contributed by atoms with E-state index in [1.54, 1.807) is 23.7 Å². The molecular formula is C25H24ClFN4O2. The van der Waals surface area contributed by atoms with Crippen LogP contribution in [0.5, 0.6) is 0 Å². The molecule has 4 aromatic rings. The van der Waals surface area contributed by atoms with Crippen molar-refractivity contribution >= 4 is 17.2 Å². The maximum Gasteiger partial charge on any atom is 0.261 e. The van der Waals surface area contributed by atoms with Crippen LogP contribution in [0.4, 0.5) is 4.39 Å². The van der Waals surface area contributed by atoms with Crippen LogP contribution in [0.1, 0.15) is 47.2 Å². The second kappa shape index (κ2) is 8.39. The summed E-state index contributed by atoms with van der Waals surface area (Å²) in [5, 5.41) is 4.57. The number of rotatable bonds is 3. The van der Waals surface area contributed by atoms with Crippen molar-refractivity contribution in [2.45, 2.75) is 38.7 Å². The van der Waals surface area contributed by atoms with Gasteiger partial charge in [-0.2, -0.15) is 5.10 Å². The van der Waals surface area contributed by atoms with Crippen molar-refractivity contribution in [3.05, 3.63) is 86.3 Å². The molecule has 33 heavy (non-hydrogen) atoms. The number of benzene rings is 1. The van der Waals surface area contributed by atoms with E-state index in [1.807, 2.05) is 38.5 Å². The number of aryl methyl sites for hydroxylation is 2. The van der Waals surface area contributed by atoms with Gasteiger partial charge in [0, 0.05) is 47.3 Å². The zero-order valence-corrected chi connectivity index (χ0v) is 19.4. The minimum atomic E-state index is -0.480. The van der Waals surface area contributed by atoms with E-state index >= 15 is 0 Å². The summed E-state index contributed by atoms with van der Waals surface area (Å²) in [6.07, 6.45) is 5.31. The monoisotopic (exact) mass is 466 g/mol. The largest absolute Gasteiger partial charge is 0.373 e. The van der Waals surface area contributed by atoms with Crippen molar-refractivity contribution < 1.29 is 9.13 Å². The van der Waals surface area contributed by atoms with E-state index in [1.165, 1.54) is 10.5 Å². The van der Waals surface area contributed by atoms with Crippen LogP contribution >= 0.6 is 11.6 Å². The molecule has 0 saturated carbocycles. The molecule has 4 heterocycles. The van der Waals surface area contributed by atoms with Crippen LogP contribution in [0.15, 0.2) is 47.5 Å². The van der Waals surface area contributed by atoms with Gasteiger partial charge in [0.15, 0.2) is 0 Å². The number of ether oxygens (including phenoxy) is 1. The van der Waals surface area contributed by atoms with Crippen LogP contribution in [0.25, 0.3) is 16.9 Å². The Morgan fingerprint density at radius 3 is 2.73 bits per heavy atom. The molecule has 6 nitrogen and oxygen atoms in total. The number of fused-ring (bicyclic) bond motifs is 1. The van der Waals surface area contributed by atoms with Crippen LogP contribution in [0, 0.1) is 19.7 Å². The Labute approximate surface area is 195 Å². The molecule has 0 radical (unpaired) electrons. The van der Waals surface area contributed by atoms with Gasteiger partial charge in [-0.25, -0.2) is 9.37 Å². The van der Waals surface area contributed by atoms with E-state index in [0.29, 0.717) is 39.8 Å². The zero-order chi connectivity index (χ0) is 23.3. The maximum absolute atomic E-state index is 15.0. The second-order valence-corrected chi connectivity index (χ2v) is 9.08. The highest BCUT2D eigenvalue weighted by atomic mass is 35.5. The number of hydrogen-bond acceptors (Lipinski definition) is 4. The fourth-order valence-electron chi connectivity index (χ4n) is 4.54. The van der Waals surface area contributed by atoms with Gasteiger partial charge in [-0.05, 0) is 68.5 Å². The van der Waals surface area contributed by atoms with E-state index in [4.69, 9.17) is 16.3 Å². The Bertz CT molecular complexity index is 1430. The fourth-order valence-corrected chi connectivity index (χ4v) is 4.70. The van der Waals surface area contributed by atoms with Gasteiger partial charge in [0.25, 0.3) is 5.56 Å². The van der Waals surface area contributed by atoms with E-state index in [9.17, 15) is 9.18 Å². The fraction of sp³-hybridized carbons (Fsp3) is 0.320. The molecule has 5 rings (SSSR count). The highest BCUT2D eigenvalue weighted by Gasteiger charge is 2.27. The van der Waals surface area contributed by atoms with Gasteiger partial charge in [-0.3, -0.25) is 13.9 Å². The van der Waals surface area contributed by atoms with Crippen molar-refractivity contribution in [3.8, 4) is 11.3 Å². The predicted octanol–water partition coefficient (Wildman–Crippen LogP) is 5.14. The Morgan fingerprint density at radius 1 is 1.18 bits per heavy atom. The summed E-state index contributed by atoms with van der Waals surface area (Å²) in [5.74, 6) is -0.312. The molecule has 0 bridgehead atoms. The molecule has 0 spiro atoms. The third-order valence-corrected chi connectivity index (χ3v) is 6.71. The number of halogens is 2. The first-order valence-corrected chi connectivity index (χ1v) is 11.3. The second-order valence-electron chi connectivity index (χ2n) is 8.65. The Kier molecular flexibility index (Phi) is 5.54. The third kappa shape index (κ3) is 3.96. The quantitative estimate of drug-likeness (QED) is 0.419. The van der Waals surface area contributed by atoms with Gasteiger partial charge >= 0.3 is 0 Å². The minimum Gasteiger partial charge on any atom is -0.373 e. The SMILES string of the molecule is Cc1nc2cc([C@H]3CCO[C@@H](c4cnn(C)c4)C3)cc(-c3ccc(Cl)cc3F)n2c(=O)c1C. The molecule has 2 atom stereocenters. The van der Waals surface area contributed by atoms with Crippen molar-refractivity contribution in [2.75, 3.05) is 6.61 Å². The Morgan fingerprint density at radius 2 is 2.00 bits per heavy atom. The van der Waals surface area contributed by atoms with Gasteiger partial charge < -0.3 is 4.74 Å². The van der Waals surface area contributed by atoms with Crippen LogP contribution < -0.4 is 5.56 Å². The van der Waals surface area contributed by atoms with E-state index in [0.717, 1.165) is 24.0 Å². The first kappa shape index (κ1) is 21.8. The number of hydrogen-bond donors (Lipinski definition) is 0. The summed E-state index contributed by atoms with van der Waals surface area (Å²) in [7, 11) is 1.88. The molecule has 1 fully saturated rings. The minimum absolute atomic E-state index is 0.0701. The molecule has 170 valence electrons. The zero-order valence-electron chi connectivity index (χ0n) is 18.7. The lowest BCUT2D eigenvalue weighted by Crippen LogP contribution is -2.23. The average molecular weight is 467 g/mol. The first-order chi connectivity index (χ1) is 15.8. The lowest BCUT2D eigenvalue weighted by atomic mass is 9.86. The number of aromatic nitrogens is 4. The molecular weight excluding hydrogens is 443 g/mol. The van der Waals surface area contributed by atoms with Crippen molar-refractivity contribution in [3.63, 3.8) is 0 Å². The van der Waals surface area contributed by atoms with Crippen LogP contribution in [-0.2, 0) is 11.8 Å². The number of nitrogens with zero attached hydrogens (tertiary/aromatic N) is 4. The normalized spacial score (nSPS) is 18.7. The summed E-state index contributed by atoms with van der Waals surface area (Å²) >= 11 is 5.99. The molecule has 1 aliphatic rings. The van der Waals surface area contributed by atoms with Gasteiger partial charge in [0.1, 0.15) is 11.5 Å². The van der Waals surface area contributed by atoms with Crippen molar-refractivity contribution in [1.82, 2.24) is 19.2 Å². The molecule has 3 aromatic heterocycles. The molecule has 0 N–H and O–H groups in total. The first-order valence-electron chi connectivity index (χ1n) is 10.9. The summed E-state index contributed by atoms with van der Waals surface area (Å²) in [6.45, 7) is 4.16. The molecule has 1 aromatic carbocycles. The molecule has 0 amide bonds. The summed E-state index contributed by atoms with van der Waals surface area (Å²) in [5.41, 5.74) is 4.34. The van der Waals surface area contributed by atoms with Gasteiger partial charge in [0.2, 0.25) is 0 Å². The summed E-state index contributed by atoms with van der Waals surface area (Å²) in [6, 6.07) is 8.36. The third-order valence-electron chi connectivity index (χ3n) is 6.48. The lowest BCUT2D eigenvalue weighted by Gasteiger charge is -2.30. The van der Waals surface area contributed by atoms with Gasteiger partial charge in [0.05, 0.1) is 18.0 Å². The van der Waals surface area contributed by atoms with Crippen LogP contribution in [0.2, 0.25) is 5.02 Å².